The lowest BCUT2D eigenvalue weighted by atomic mass is 10.2. The standard InChI is InChI=1S/C11H13BrO2/c1-8(2)7-14-11-5-3-4-10(12)9(11)6-13/h3-6,8H,7H2,1-2H3. The lowest BCUT2D eigenvalue weighted by Crippen LogP contribution is -2.06. The molecule has 0 N–H and O–H groups in total. The van der Waals surface area contributed by atoms with Gasteiger partial charge >= 0.3 is 0 Å². The van der Waals surface area contributed by atoms with Crippen LogP contribution in [0.3, 0.4) is 0 Å². The molecular formula is C11H13BrO2. The highest BCUT2D eigenvalue weighted by Crippen LogP contribution is 2.25. The fourth-order valence-corrected chi connectivity index (χ4v) is 1.46. The van der Waals surface area contributed by atoms with Crippen LogP contribution >= 0.6 is 15.9 Å². The van der Waals surface area contributed by atoms with E-state index in [-0.39, 0.29) is 0 Å². The molecule has 0 heterocycles. The topological polar surface area (TPSA) is 26.3 Å². The smallest absolute Gasteiger partial charge is 0.154 e. The van der Waals surface area contributed by atoms with Gasteiger partial charge in [0.15, 0.2) is 6.29 Å². The number of halogens is 1. The second kappa shape index (κ2) is 5.15. The Labute approximate surface area is 92.4 Å². The number of carbonyl (C=O) groups excluding carboxylic acids is 1. The molecule has 1 rings (SSSR count). The number of carbonyl (C=O) groups is 1. The predicted molar refractivity (Wildman–Crippen MR) is 59.9 cm³/mol. The van der Waals surface area contributed by atoms with Crippen LogP contribution in [0, 0.1) is 5.92 Å². The highest BCUT2D eigenvalue weighted by molar-refractivity contribution is 9.10. The summed E-state index contributed by atoms with van der Waals surface area (Å²) in [5.41, 5.74) is 0.577. The Morgan fingerprint density at radius 3 is 2.79 bits per heavy atom. The molecule has 0 aliphatic heterocycles. The zero-order chi connectivity index (χ0) is 10.6. The number of hydrogen-bond acceptors (Lipinski definition) is 2. The van der Waals surface area contributed by atoms with Crippen LogP contribution in [0.25, 0.3) is 0 Å². The maximum Gasteiger partial charge on any atom is 0.154 e. The van der Waals surface area contributed by atoms with Crippen LogP contribution in [-0.4, -0.2) is 12.9 Å². The third-order valence-electron chi connectivity index (χ3n) is 1.70. The molecule has 2 nitrogen and oxygen atoms in total. The zero-order valence-corrected chi connectivity index (χ0v) is 9.87. The molecule has 1 aromatic carbocycles. The summed E-state index contributed by atoms with van der Waals surface area (Å²) in [6.07, 6.45) is 0.805. The van der Waals surface area contributed by atoms with Crippen molar-refractivity contribution in [3.05, 3.63) is 28.2 Å². The Morgan fingerprint density at radius 2 is 2.21 bits per heavy atom. The lowest BCUT2D eigenvalue weighted by Gasteiger charge is -2.10. The van der Waals surface area contributed by atoms with Crippen molar-refractivity contribution in [2.24, 2.45) is 5.92 Å². The van der Waals surface area contributed by atoms with Crippen molar-refractivity contribution in [2.45, 2.75) is 13.8 Å². The fourth-order valence-electron chi connectivity index (χ4n) is 1.01. The van der Waals surface area contributed by atoms with Gasteiger partial charge in [-0.1, -0.05) is 19.9 Å². The van der Waals surface area contributed by atoms with Crippen LogP contribution in [-0.2, 0) is 0 Å². The molecule has 3 heteroatoms. The summed E-state index contributed by atoms with van der Waals surface area (Å²) in [4.78, 5) is 10.8. The normalized spacial score (nSPS) is 10.3. The average Bonchev–Trinajstić information content (AvgIpc) is 2.14. The van der Waals surface area contributed by atoms with E-state index in [0.29, 0.717) is 23.8 Å². The summed E-state index contributed by atoms with van der Waals surface area (Å²) in [6.45, 7) is 4.76. The van der Waals surface area contributed by atoms with E-state index in [0.717, 1.165) is 10.8 Å². The van der Waals surface area contributed by atoms with E-state index in [1.54, 1.807) is 6.07 Å². The van der Waals surface area contributed by atoms with E-state index < -0.39 is 0 Å². The minimum atomic E-state index is 0.452. The molecule has 0 bridgehead atoms. The molecule has 0 spiro atoms. The summed E-state index contributed by atoms with van der Waals surface area (Å²) in [5.74, 6) is 1.09. The van der Waals surface area contributed by atoms with Gasteiger partial charge in [0.05, 0.1) is 12.2 Å². The molecule has 0 aromatic heterocycles. The molecule has 0 aliphatic carbocycles. The molecule has 1 aromatic rings. The molecule has 0 saturated heterocycles. The first-order valence-electron chi connectivity index (χ1n) is 4.51. The van der Waals surface area contributed by atoms with E-state index in [1.807, 2.05) is 12.1 Å². The summed E-state index contributed by atoms with van der Waals surface area (Å²) in [6, 6.07) is 5.48. The number of hydrogen-bond donors (Lipinski definition) is 0. The van der Waals surface area contributed by atoms with Crippen LogP contribution in [0.1, 0.15) is 24.2 Å². The van der Waals surface area contributed by atoms with Crippen LogP contribution in [0.4, 0.5) is 0 Å². The van der Waals surface area contributed by atoms with Crippen LogP contribution in [0.2, 0.25) is 0 Å². The molecule has 0 unspecified atom stereocenters. The zero-order valence-electron chi connectivity index (χ0n) is 8.29. The minimum absolute atomic E-state index is 0.452. The van der Waals surface area contributed by atoms with Gasteiger partial charge in [0.2, 0.25) is 0 Å². The molecule has 0 amide bonds. The Balaban J connectivity index is 2.85. The number of ether oxygens (including phenoxy) is 1. The number of rotatable bonds is 4. The largest absolute Gasteiger partial charge is 0.493 e. The van der Waals surface area contributed by atoms with Gasteiger partial charge in [0.25, 0.3) is 0 Å². The van der Waals surface area contributed by atoms with Crippen LogP contribution in [0.5, 0.6) is 5.75 Å². The van der Waals surface area contributed by atoms with Crippen molar-refractivity contribution in [2.75, 3.05) is 6.61 Å². The first kappa shape index (κ1) is 11.2. The first-order valence-corrected chi connectivity index (χ1v) is 5.31. The quantitative estimate of drug-likeness (QED) is 0.773. The Morgan fingerprint density at radius 1 is 1.50 bits per heavy atom. The van der Waals surface area contributed by atoms with E-state index in [1.165, 1.54) is 0 Å². The second-order valence-corrected chi connectivity index (χ2v) is 4.33. The van der Waals surface area contributed by atoms with Crippen molar-refractivity contribution in [3.63, 3.8) is 0 Å². The van der Waals surface area contributed by atoms with Gasteiger partial charge in [-0.05, 0) is 34.0 Å². The van der Waals surface area contributed by atoms with Crippen molar-refractivity contribution in [1.82, 2.24) is 0 Å². The summed E-state index contributed by atoms with van der Waals surface area (Å²) >= 11 is 3.30. The maximum absolute atomic E-state index is 10.8. The van der Waals surface area contributed by atoms with E-state index >= 15 is 0 Å². The average molecular weight is 257 g/mol. The first-order chi connectivity index (χ1) is 6.65. The molecule has 0 aliphatic rings. The molecule has 76 valence electrons. The van der Waals surface area contributed by atoms with E-state index in [2.05, 4.69) is 29.8 Å². The third-order valence-corrected chi connectivity index (χ3v) is 2.39. The number of aldehydes is 1. The van der Waals surface area contributed by atoms with Crippen LogP contribution in [0.15, 0.2) is 22.7 Å². The van der Waals surface area contributed by atoms with Crippen molar-refractivity contribution in [3.8, 4) is 5.75 Å². The summed E-state index contributed by atoms with van der Waals surface area (Å²) < 4.78 is 6.28. The van der Waals surface area contributed by atoms with Gasteiger partial charge in [0, 0.05) is 4.47 Å². The van der Waals surface area contributed by atoms with Gasteiger partial charge < -0.3 is 4.74 Å². The molecule has 0 atom stereocenters. The van der Waals surface area contributed by atoms with Gasteiger partial charge in [-0.2, -0.15) is 0 Å². The maximum atomic E-state index is 10.8. The van der Waals surface area contributed by atoms with E-state index in [4.69, 9.17) is 4.74 Å². The fraction of sp³-hybridized carbons (Fsp3) is 0.364. The predicted octanol–water partition coefficient (Wildman–Crippen LogP) is 3.30. The molecule has 0 radical (unpaired) electrons. The van der Waals surface area contributed by atoms with Crippen molar-refractivity contribution >= 4 is 22.2 Å². The molecule has 0 fully saturated rings. The van der Waals surface area contributed by atoms with Crippen molar-refractivity contribution < 1.29 is 9.53 Å². The van der Waals surface area contributed by atoms with Crippen molar-refractivity contribution in [1.29, 1.82) is 0 Å². The SMILES string of the molecule is CC(C)COc1cccc(Br)c1C=O. The monoisotopic (exact) mass is 256 g/mol. The summed E-state index contributed by atoms with van der Waals surface area (Å²) in [5, 5.41) is 0. The molecular weight excluding hydrogens is 244 g/mol. The van der Waals surface area contributed by atoms with Gasteiger partial charge in [-0.15, -0.1) is 0 Å². The highest BCUT2D eigenvalue weighted by atomic mass is 79.9. The third kappa shape index (κ3) is 2.84. The molecule has 14 heavy (non-hydrogen) atoms. The second-order valence-electron chi connectivity index (χ2n) is 3.47. The Kier molecular flexibility index (Phi) is 4.14. The highest BCUT2D eigenvalue weighted by Gasteiger charge is 2.06. The Hall–Kier alpha value is -0.830. The van der Waals surface area contributed by atoms with Gasteiger partial charge in [-0.25, -0.2) is 0 Å². The lowest BCUT2D eigenvalue weighted by molar-refractivity contribution is 0.111. The Bertz CT molecular complexity index is 321. The van der Waals surface area contributed by atoms with Gasteiger partial charge in [-0.3, -0.25) is 4.79 Å². The minimum Gasteiger partial charge on any atom is -0.493 e. The van der Waals surface area contributed by atoms with E-state index in [9.17, 15) is 4.79 Å². The summed E-state index contributed by atoms with van der Waals surface area (Å²) in [7, 11) is 0. The van der Waals surface area contributed by atoms with Crippen LogP contribution < -0.4 is 4.74 Å². The number of benzene rings is 1. The molecule has 0 saturated carbocycles. The van der Waals surface area contributed by atoms with Gasteiger partial charge in [0.1, 0.15) is 5.75 Å².